The average Bonchev–Trinajstić information content (AvgIpc) is 2.31. The standard InChI is InChI=1S/C14H16BrNO/c1-4-9-16(10-5-2)14(17)12-8-6-7-11(3)13(12)15/h1,6-8H,5,9-10H2,2-3H3. The quantitative estimate of drug-likeness (QED) is 0.781. The van der Waals surface area contributed by atoms with Crippen molar-refractivity contribution < 1.29 is 4.79 Å². The molecule has 0 saturated heterocycles. The Labute approximate surface area is 111 Å². The third kappa shape index (κ3) is 3.34. The first-order chi connectivity index (χ1) is 8.11. The molecule has 0 aliphatic rings. The molecule has 1 aromatic carbocycles. The Balaban J connectivity index is 3.01. The third-order valence-corrected chi connectivity index (χ3v) is 3.54. The Bertz CT molecular complexity index is 448. The largest absolute Gasteiger partial charge is 0.327 e. The third-order valence-electron chi connectivity index (χ3n) is 2.49. The lowest BCUT2D eigenvalue weighted by molar-refractivity contribution is 0.0776. The van der Waals surface area contributed by atoms with Crippen LogP contribution in [0.5, 0.6) is 0 Å². The van der Waals surface area contributed by atoms with Gasteiger partial charge in [-0.1, -0.05) is 25.0 Å². The van der Waals surface area contributed by atoms with Gasteiger partial charge >= 0.3 is 0 Å². The van der Waals surface area contributed by atoms with E-state index in [9.17, 15) is 4.79 Å². The summed E-state index contributed by atoms with van der Waals surface area (Å²) in [7, 11) is 0. The first-order valence-electron chi connectivity index (χ1n) is 5.59. The molecule has 0 saturated carbocycles. The van der Waals surface area contributed by atoms with Crippen molar-refractivity contribution in [3.8, 4) is 12.3 Å². The summed E-state index contributed by atoms with van der Waals surface area (Å²) in [5.74, 6) is 2.51. The average molecular weight is 294 g/mol. The van der Waals surface area contributed by atoms with Crippen molar-refractivity contribution in [1.82, 2.24) is 4.90 Å². The maximum Gasteiger partial charge on any atom is 0.255 e. The zero-order chi connectivity index (χ0) is 12.8. The minimum atomic E-state index is -0.0135. The molecular weight excluding hydrogens is 278 g/mol. The molecule has 0 spiro atoms. The van der Waals surface area contributed by atoms with Gasteiger partial charge in [0.25, 0.3) is 5.91 Å². The minimum absolute atomic E-state index is 0.0135. The highest BCUT2D eigenvalue weighted by Gasteiger charge is 2.17. The molecule has 0 radical (unpaired) electrons. The Hall–Kier alpha value is -1.27. The Morgan fingerprint density at radius 2 is 2.24 bits per heavy atom. The summed E-state index contributed by atoms with van der Waals surface area (Å²) in [6, 6.07) is 5.66. The summed E-state index contributed by atoms with van der Waals surface area (Å²) < 4.78 is 0.850. The molecule has 1 amide bonds. The van der Waals surface area contributed by atoms with Gasteiger partial charge in [0.1, 0.15) is 0 Å². The monoisotopic (exact) mass is 293 g/mol. The molecule has 0 heterocycles. The normalized spacial score (nSPS) is 9.76. The number of hydrogen-bond acceptors (Lipinski definition) is 1. The van der Waals surface area contributed by atoms with Crippen LogP contribution in [0.3, 0.4) is 0 Å². The van der Waals surface area contributed by atoms with Crippen LogP contribution in [0.15, 0.2) is 22.7 Å². The molecule has 0 bridgehead atoms. The van der Waals surface area contributed by atoms with Crippen LogP contribution in [0, 0.1) is 19.3 Å². The molecule has 0 aliphatic carbocycles. The van der Waals surface area contributed by atoms with E-state index in [1.54, 1.807) is 4.90 Å². The van der Waals surface area contributed by atoms with Gasteiger partial charge in [-0.25, -0.2) is 0 Å². The lowest BCUT2D eigenvalue weighted by atomic mass is 10.1. The molecule has 17 heavy (non-hydrogen) atoms. The summed E-state index contributed by atoms with van der Waals surface area (Å²) in [6.45, 7) is 5.03. The molecule has 3 heteroatoms. The highest BCUT2D eigenvalue weighted by atomic mass is 79.9. The number of amides is 1. The van der Waals surface area contributed by atoms with Crippen LogP contribution in [0.4, 0.5) is 0 Å². The summed E-state index contributed by atoms with van der Waals surface area (Å²) in [5, 5.41) is 0. The van der Waals surface area contributed by atoms with Gasteiger partial charge in [0, 0.05) is 11.0 Å². The molecule has 90 valence electrons. The van der Waals surface area contributed by atoms with Crippen molar-refractivity contribution >= 4 is 21.8 Å². The molecule has 0 aromatic heterocycles. The molecule has 1 rings (SSSR count). The topological polar surface area (TPSA) is 20.3 Å². The highest BCUT2D eigenvalue weighted by Crippen LogP contribution is 2.22. The molecule has 0 atom stereocenters. The zero-order valence-corrected chi connectivity index (χ0v) is 11.8. The van der Waals surface area contributed by atoms with Gasteiger partial charge in [0.2, 0.25) is 0 Å². The van der Waals surface area contributed by atoms with Gasteiger partial charge < -0.3 is 4.90 Å². The molecule has 0 unspecified atom stereocenters. The predicted molar refractivity (Wildman–Crippen MR) is 73.9 cm³/mol. The van der Waals surface area contributed by atoms with Crippen LogP contribution in [0.2, 0.25) is 0 Å². The van der Waals surface area contributed by atoms with Crippen molar-refractivity contribution in [3.63, 3.8) is 0 Å². The lowest BCUT2D eigenvalue weighted by Gasteiger charge is -2.20. The summed E-state index contributed by atoms with van der Waals surface area (Å²) >= 11 is 3.45. The number of halogens is 1. The van der Waals surface area contributed by atoms with Crippen molar-refractivity contribution in [1.29, 1.82) is 0 Å². The fraction of sp³-hybridized carbons (Fsp3) is 0.357. The van der Waals surface area contributed by atoms with Gasteiger partial charge in [-0.3, -0.25) is 4.79 Å². The van der Waals surface area contributed by atoms with Crippen LogP contribution in [0.25, 0.3) is 0 Å². The van der Waals surface area contributed by atoms with E-state index in [-0.39, 0.29) is 5.91 Å². The number of benzene rings is 1. The van der Waals surface area contributed by atoms with Gasteiger partial charge in [0.15, 0.2) is 0 Å². The van der Waals surface area contributed by atoms with Crippen LogP contribution < -0.4 is 0 Å². The minimum Gasteiger partial charge on any atom is -0.327 e. The van der Waals surface area contributed by atoms with Crippen molar-refractivity contribution in [2.24, 2.45) is 0 Å². The van der Waals surface area contributed by atoms with Gasteiger partial charge in [0.05, 0.1) is 12.1 Å². The van der Waals surface area contributed by atoms with E-state index < -0.39 is 0 Å². The van der Waals surface area contributed by atoms with E-state index in [0.717, 1.165) is 16.5 Å². The first-order valence-corrected chi connectivity index (χ1v) is 6.39. The Morgan fingerprint density at radius 3 is 2.82 bits per heavy atom. The van der Waals surface area contributed by atoms with Crippen LogP contribution in [-0.2, 0) is 0 Å². The maximum atomic E-state index is 12.3. The van der Waals surface area contributed by atoms with E-state index in [2.05, 4.69) is 21.9 Å². The Morgan fingerprint density at radius 1 is 1.53 bits per heavy atom. The molecule has 2 nitrogen and oxygen atoms in total. The Kier molecular flexibility index (Phi) is 5.24. The van der Waals surface area contributed by atoms with Crippen LogP contribution >= 0.6 is 15.9 Å². The summed E-state index contributed by atoms with van der Waals surface area (Å²) in [6.07, 6.45) is 6.19. The second kappa shape index (κ2) is 6.46. The SMILES string of the molecule is C#CCN(CCC)C(=O)c1cccc(C)c1Br. The van der Waals surface area contributed by atoms with E-state index in [0.29, 0.717) is 18.7 Å². The molecular formula is C14H16BrNO. The number of carbonyl (C=O) groups excluding carboxylic acids is 1. The van der Waals surface area contributed by atoms with Gasteiger partial charge in [-0.2, -0.15) is 0 Å². The van der Waals surface area contributed by atoms with Crippen LogP contribution in [0.1, 0.15) is 29.3 Å². The highest BCUT2D eigenvalue weighted by molar-refractivity contribution is 9.10. The second-order valence-corrected chi connectivity index (χ2v) is 4.66. The number of nitrogens with zero attached hydrogens (tertiary/aromatic N) is 1. The number of aryl methyl sites for hydroxylation is 1. The van der Waals surface area contributed by atoms with E-state index in [1.807, 2.05) is 32.0 Å². The van der Waals surface area contributed by atoms with Crippen molar-refractivity contribution in [2.45, 2.75) is 20.3 Å². The van der Waals surface area contributed by atoms with Crippen molar-refractivity contribution in [3.05, 3.63) is 33.8 Å². The van der Waals surface area contributed by atoms with Gasteiger partial charge in [-0.15, -0.1) is 6.42 Å². The molecule has 0 N–H and O–H groups in total. The number of hydrogen-bond donors (Lipinski definition) is 0. The second-order valence-electron chi connectivity index (χ2n) is 3.87. The van der Waals surface area contributed by atoms with Crippen LogP contribution in [-0.4, -0.2) is 23.9 Å². The van der Waals surface area contributed by atoms with Crippen molar-refractivity contribution in [2.75, 3.05) is 13.1 Å². The first kappa shape index (κ1) is 13.8. The predicted octanol–water partition coefficient (Wildman–Crippen LogP) is 3.24. The number of rotatable bonds is 4. The summed E-state index contributed by atoms with van der Waals surface area (Å²) in [5.41, 5.74) is 1.72. The van der Waals surface area contributed by atoms with Gasteiger partial charge in [-0.05, 0) is 40.9 Å². The smallest absolute Gasteiger partial charge is 0.255 e. The number of terminal acetylenes is 1. The summed E-state index contributed by atoms with van der Waals surface area (Å²) in [4.78, 5) is 14.0. The molecule has 0 aliphatic heterocycles. The van der Waals surface area contributed by atoms with E-state index in [1.165, 1.54) is 0 Å². The van der Waals surface area contributed by atoms with E-state index >= 15 is 0 Å². The van der Waals surface area contributed by atoms with E-state index in [4.69, 9.17) is 6.42 Å². The fourth-order valence-corrected chi connectivity index (χ4v) is 2.05. The lowest BCUT2D eigenvalue weighted by Crippen LogP contribution is -2.32. The molecule has 1 aromatic rings. The molecule has 0 fully saturated rings. The fourth-order valence-electron chi connectivity index (χ4n) is 1.62. The maximum absolute atomic E-state index is 12.3. The number of carbonyl (C=O) groups is 1. The zero-order valence-electron chi connectivity index (χ0n) is 10.2.